The molecule has 0 aliphatic heterocycles. The van der Waals surface area contributed by atoms with Gasteiger partial charge in [-0.3, -0.25) is 4.31 Å². The summed E-state index contributed by atoms with van der Waals surface area (Å²) in [6.07, 6.45) is 1.14. The molecule has 0 spiro atoms. The van der Waals surface area contributed by atoms with Crippen LogP contribution in [-0.2, 0) is 16.6 Å². The molecule has 0 amide bonds. The lowest BCUT2D eigenvalue weighted by Gasteiger charge is -2.22. The van der Waals surface area contributed by atoms with E-state index in [0.29, 0.717) is 5.69 Å². The molecule has 0 heterocycles. The first-order chi connectivity index (χ1) is 8.97. The Kier molecular flexibility index (Phi) is 3.85. The monoisotopic (exact) mass is 279 g/mol. The number of rotatable bonds is 4. The molecule has 0 bridgehead atoms. The lowest BCUT2D eigenvalue weighted by Crippen LogP contribution is -2.29. The van der Waals surface area contributed by atoms with Crippen molar-refractivity contribution in [2.24, 2.45) is 0 Å². The molecule has 0 saturated heterocycles. The molecule has 2 aromatic carbocycles. The maximum absolute atomic E-state index is 12.9. The van der Waals surface area contributed by atoms with Crippen LogP contribution in [0.3, 0.4) is 0 Å². The van der Waals surface area contributed by atoms with Crippen molar-refractivity contribution in [2.45, 2.75) is 6.54 Å². The summed E-state index contributed by atoms with van der Waals surface area (Å²) in [6.45, 7) is 0.227. The van der Waals surface area contributed by atoms with Gasteiger partial charge in [-0.15, -0.1) is 0 Å². The summed E-state index contributed by atoms with van der Waals surface area (Å²) in [5, 5.41) is 0. The zero-order chi connectivity index (χ0) is 13.9. The number of nitrogens with zero attached hydrogens (tertiary/aromatic N) is 1. The SMILES string of the molecule is CS(=O)(=O)N(Cc1ccccc1)c1ccc(F)cc1. The summed E-state index contributed by atoms with van der Waals surface area (Å²) < 4.78 is 37.9. The Morgan fingerprint density at radius 3 is 2.11 bits per heavy atom. The van der Waals surface area contributed by atoms with Crippen molar-refractivity contribution in [1.29, 1.82) is 0 Å². The van der Waals surface area contributed by atoms with Crippen molar-refractivity contribution in [2.75, 3.05) is 10.6 Å². The van der Waals surface area contributed by atoms with E-state index >= 15 is 0 Å². The van der Waals surface area contributed by atoms with Crippen molar-refractivity contribution >= 4 is 15.7 Å². The highest BCUT2D eigenvalue weighted by Gasteiger charge is 2.17. The second-order valence-electron chi connectivity index (χ2n) is 4.23. The third-order valence-corrected chi connectivity index (χ3v) is 3.82. The van der Waals surface area contributed by atoms with E-state index in [1.165, 1.54) is 28.6 Å². The van der Waals surface area contributed by atoms with Gasteiger partial charge in [-0.25, -0.2) is 12.8 Å². The maximum Gasteiger partial charge on any atom is 0.232 e. The van der Waals surface area contributed by atoms with E-state index in [4.69, 9.17) is 0 Å². The van der Waals surface area contributed by atoms with Gasteiger partial charge in [-0.1, -0.05) is 30.3 Å². The van der Waals surface area contributed by atoms with Crippen molar-refractivity contribution in [1.82, 2.24) is 0 Å². The van der Waals surface area contributed by atoms with Gasteiger partial charge in [0.2, 0.25) is 10.0 Å². The summed E-state index contributed by atoms with van der Waals surface area (Å²) >= 11 is 0. The third kappa shape index (κ3) is 3.54. The molecule has 0 saturated carbocycles. The van der Waals surface area contributed by atoms with Crippen molar-refractivity contribution < 1.29 is 12.8 Å². The van der Waals surface area contributed by atoms with Crippen LogP contribution in [0.4, 0.5) is 10.1 Å². The maximum atomic E-state index is 12.9. The van der Waals surface area contributed by atoms with Gasteiger partial charge in [0.1, 0.15) is 5.82 Å². The second-order valence-corrected chi connectivity index (χ2v) is 6.14. The number of benzene rings is 2. The Morgan fingerprint density at radius 2 is 1.58 bits per heavy atom. The van der Waals surface area contributed by atoms with Gasteiger partial charge < -0.3 is 0 Å². The summed E-state index contributed by atoms with van der Waals surface area (Å²) in [5.74, 6) is -0.392. The molecule has 0 aliphatic rings. The molecule has 100 valence electrons. The van der Waals surface area contributed by atoms with Crippen molar-refractivity contribution in [3.05, 3.63) is 66.0 Å². The van der Waals surface area contributed by atoms with Crippen LogP contribution in [0.25, 0.3) is 0 Å². The van der Waals surface area contributed by atoms with Gasteiger partial charge in [-0.2, -0.15) is 0 Å². The molecule has 3 nitrogen and oxygen atoms in total. The van der Waals surface area contributed by atoms with Crippen LogP contribution in [0.2, 0.25) is 0 Å². The highest BCUT2D eigenvalue weighted by atomic mass is 32.2. The van der Waals surface area contributed by atoms with Crippen LogP contribution < -0.4 is 4.31 Å². The van der Waals surface area contributed by atoms with Crippen LogP contribution >= 0.6 is 0 Å². The summed E-state index contributed by atoms with van der Waals surface area (Å²) in [4.78, 5) is 0. The smallest absolute Gasteiger partial charge is 0.232 e. The predicted molar refractivity (Wildman–Crippen MR) is 73.9 cm³/mol. The summed E-state index contributed by atoms with van der Waals surface area (Å²) in [6, 6.07) is 14.7. The van der Waals surface area contributed by atoms with Crippen molar-refractivity contribution in [3.63, 3.8) is 0 Å². The average molecular weight is 279 g/mol. The van der Waals surface area contributed by atoms with Crippen LogP contribution in [0.15, 0.2) is 54.6 Å². The minimum atomic E-state index is -3.42. The fourth-order valence-corrected chi connectivity index (χ4v) is 2.64. The fourth-order valence-electron chi connectivity index (χ4n) is 1.76. The molecule has 0 atom stereocenters. The Morgan fingerprint density at radius 1 is 1.00 bits per heavy atom. The largest absolute Gasteiger partial charge is 0.266 e. The highest BCUT2D eigenvalue weighted by molar-refractivity contribution is 7.92. The normalized spacial score (nSPS) is 11.3. The number of anilines is 1. The molecule has 0 radical (unpaired) electrons. The minimum absolute atomic E-state index is 0.227. The Hall–Kier alpha value is -1.88. The Balaban J connectivity index is 2.35. The molecule has 0 fully saturated rings. The first-order valence-electron chi connectivity index (χ1n) is 5.74. The lowest BCUT2D eigenvalue weighted by atomic mass is 10.2. The number of hydrogen-bond donors (Lipinski definition) is 0. The number of halogens is 1. The van der Waals surface area contributed by atoms with E-state index in [1.807, 2.05) is 30.3 Å². The quantitative estimate of drug-likeness (QED) is 0.863. The Bertz CT molecular complexity index is 639. The van der Waals surface area contributed by atoms with Gasteiger partial charge >= 0.3 is 0 Å². The van der Waals surface area contributed by atoms with Crippen molar-refractivity contribution in [3.8, 4) is 0 Å². The van der Waals surface area contributed by atoms with E-state index < -0.39 is 15.8 Å². The van der Waals surface area contributed by atoms with Gasteiger partial charge in [0.05, 0.1) is 18.5 Å². The second kappa shape index (κ2) is 5.40. The van der Waals surface area contributed by atoms with Gasteiger partial charge in [0, 0.05) is 0 Å². The first kappa shape index (κ1) is 13.5. The van der Waals surface area contributed by atoms with Gasteiger partial charge in [0.15, 0.2) is 0 Å². The molecule has 0 N–H and O–H groups in total. The fraction of sp³-hybridized carbons (Fsp3) is 0.143. The van der Waals surface area contributed by atoms with Crippen LogP contribution in [0.1, 0.15) is 5.56 Å². The van der Waals surface area contributed by atoms with Gasteiger partial charge in [-0.05, 0) is 29.8 Å². The lowest BCUT2D eigenvalue weighted by molar-refractivity contribution is 0.596. The molecule has 0 aliphatic carbocycles. The molecule has 2 aromatic rings. The molecule has 2 rings (SSSR count). The standard InChI is InChI=1S/C14H14FNO2S/c1-19(17,18)16(11-12-5-3-2-4-6-12)14-9-7-13(15)8-10-14/h2-10H,11H2,1H3. The van der Waals surface area contributed by atoms with E-state index in [0.717, 1.165) is 11.8 Å². The predicted octanol–water partition coefficient (Wildman–Crippen LogP) is 2.79. The molecule has 0 unspecified atom stereocenters. The molecule has 0 aromatic heterocycles. The zero-order valence-corrected chi connectivity index (χ0v) is 11.3. The Labute approximate surface area is 112 Å². The summed E-state index contributed by atoms with van der Waals surface area (Å²) in [7, 11) is -3.42. The average Bonchev–Trinajstić information content (AvgIpc) is 2.37. The minimum Gasteiger partial charge on any atom is -0.266 e. The van der Waals surface area contributed by atoms with E-state index in [-0.39, 0.29) is 6.54 Å². The number of hydrogen-bond acceptors (Lipinski definition) is 2. The van der Waals surface area contributed by atoms with E-state index in [1.54, 1.807) is 0 Å². The van der Waals surface area contributed by atoms with Crippen LogP contribution in [-0.4, -0.2) is 14.7 Å². The van der Waals surface area contributed by atoms with Crippen LogP contribution in [0, 0.1) is 5.82 Å². The summed E-state index contributed by atoms with van der Waals surface area (Å²) in [5.41, 5.74) is 1.32. The molecular weight excluding hydrogens is 265 g/mol. The molecule has 19 heavy (non-hydrogen) atoms. The van der Waals surface area contributed by atoms with Gasteiger partial charge in [0.25, 0.3) is 0 Å². The third-order valence-electron chi connectivity index (χ3n) is 2.68. The highest BCUT2D eigenvalue weighted by Crippen LogP contribution is 2.20. The van der Waals surface area contributed by atoms with E-state index in [9.17, 15) is 12.8 Å². The molecular formula is C14H14FNO2S. The topological polar surface area (TPSA) is 37.4 Å². The van der Waals surface area contributed by atoms with E-state index in [2.05, 4.69) is 0 Å². The zero-order valence-electron chi connectivity index (χ0n) is 10.5. The first-order valence-corrected chi connectivity index (χ1v) is 7.59. The number of sulfonamides is 1. The van der Waals surface area contributed by atoms with Crippen LogP contribution in [0.5, 0.6) is 0 Å². The molecule has 5 heteroatoms.